The Morgan fingerprint density at radius 1 is 0.958 bits per heavy atom. The molecule has 0 saturated carbocycles. The number of phosphoric acid groups is 1. The van der Waals surface area contributed by atoms with Crippen LogP contribution in [0.5, 0.6) is 5.75 Å². The molecule has 17 heteroatoms. The van der Waals surface area contributed by atoms with E-state index in [2.05, 4.69) is 38.9 Å². The van der Waals surface area contributed by atoms with E-state index in [1.54, 1.807) is 6.08 Å². The summed E-state index contributed by atoms with van der Waals surface area (Å²) in [5.41, 5.74) is 5.78. The topological polar surface area (TPSA) is 247 Å². The van der Waals surface area contributed by atoms with Crippen molar-refractivity contribution < 1.29 is 47.6 Å². The van der Waals surface area contributed by atoms with Crippen molar-refractivity contribution in [3.05, 3.63) is 55.1 Å². The molecule has 0 radical (unpaired) electrons. The van der Waals surface area contributed by atoms with Gasteiger partial charge in [0, 0.05) is 32.9 Å². The van der Waals surface area contributed by atoms with Crippen LogP contribution in [0.4, 0.5) is 0 Å². The van der Waals surface area contributed by atoms with Gasteiger partial charge in [-0.3, -0.25) is 38.6 Å². The Hall–Kier alpha value is -4.53. The van der Waals surface area contributed by atoms with Gasteiger partial charge in [-0.2, -0.15) is 0 Å². The Morgan fingerprint density at radius 2 is 1.60 bits per heavy atom. The second-order valence-electron chi connectivity index (χ2n) is 11.4. The lowest BCUT2D eigenvalue weighted by atomic mass is 10.0. The van der Waals surface area contributed by atoms with Gasteiger partial charge < -0.3 is 36.4 Å². The number of nitrogens with one attached hydrogen (secondary N) is 4. The molecular weight excluding hydrogens is 647 g/mol. The Labute approximate surface area is 280 Å². The third-order valence-corrected chi connectivity index (χ3v) is 7.03. The number of hydrogen-bond donors (Lipinski definition) is 7. The van der Waals surface area contributed by atoms with E-state index in [4.69, 9.17) is 15.5 Å². The maximum absolute atomic E-state index is 13.7. The van der Waals surface area contributed by atoms with Crippen LogP contribution in [-0.2, 0) is 39.8 Å². The fraction of sp³-hybridized carbons (Fsp3) is 0.484. The maximum Gasteiger partial charge on any atom is 0.524 e. The average Bonchev–Trinajstić information content (AvgIpc) is 2.97. The van der Waals surface area contributed by atoms with Gasteiger partial charge in [0.05, 0.1) is 6.54 Å². The van der Waals surface area contributed by atoms with Gasteiger partial charge in [0.1, 0.15) is 23.9 Å². The van der Waals surface area contributed by atoms with Crippen molar-refractivity contribution in [2.24, 2.45) is 11.7 Å². The first-order valence-corrected chi connectivity index (χ1v) is 16.8. The minimum Gasteiger partial charge on any atom is -0.404 e. The molecule has 3 atom stereocenters. The van der Waals surface area contributed by atoms with Gasteiger partial charge in [0.2, 0.25) is 35.4 Å². The molecule has 0 aliphatic rings. The van der Waals surface area contributed by atoms with Crippen molar-refractivity contribution in [2.75, 3.05) is 19.6 Å². The third kappa shape index (κ3) is 16.9. The summed E-state index contributed by atoms with van der Waals surface area (Å²) in [5.74, 6) is -3.94. The highest BCUT2D eigenvalue weighted by Gasteiger charge is 2.31. The molecule has 1 aromatic rings. The lowest BCUT2D eigenvalue weighted by molar-refractivity contribution is -0.140. The minimum absolute atomic E-state index is 0.0577. The number of phosphoric ester groups is 1. The highest BCUT2D eigenvalue weighted by molar-refractivity contribution is 7.46. The first-order chi connectivity index (χ1) is 22.4. The molecule has 0 bridgehead atoms. The molecule has 0 saturated heterocycles. The normalized spacial score (nSPS) is 12.9. The second kappa shape index (κ2) is 20.7. The first-order valence-electron chi connectivity index (χ1n) is 15.2. The van der Waals surface area contributed by atoms with Crippen molar-refractivity contribution >= 4 is 43.3 Å². The SMILES string of the molecule is C=CCCNC(=O)[C@H](CC(C)C)NC(=O)CN(CC=C)C(=O)[C@H](CCC(N)=O)NC(=O)[C@H](Cc1ccc(OP(=O)(O)O)cc1)NC(C)=O. The third-order valence-electron chi connectivity index (χ3n) is 6.58. The zero-order valence-electron chi connectivity index (χ0n) is 27.5. The number of nitrogens with zero attached hydrogens (tertiary/aromatic N) is 1. The smallest absolute Gasteiger partial charge is 0.404 e. The Bertz CT molecular complexity index is 1350. The quantitative estimate of drug-likeness (QED) is 0.0493. The molecule has 16 nitrogen and oxygen atoms in total. The predicted molar refractivity (Wildman–Crippen MR) is 177 cm³/mol. The summed E-state index contributed by atoms with van der Waals surface area (Å²) in [4.78, 5) is 95.7. The van der Waals surface area contributed by atoms with E-state index in [1.807, 2.05) is 13.8 Å². The summed E-state index contributed by atoms with van der Waals surface area (Å²) in [7, 11) is -4.79. The largest absolute Gasteiger partial charge is 0.524 e. The monoisotopic (exact) mass is 694 g/mol. The molecule has 6 amide bonds. The van der Waals surface area contributed by atoms with Gasteiger partial charge >= 0.3 is 7.82 Å². The average molecular weight is 695 g/mol. The van der Waals surface area contributed by atoms with Crippen LogP contribution in [-0.4, -0.2) is 87.9 Å². The Balaban J connectivity index is 3.19. The first kappa shape index (κ1) is 41.5. The molecule has 0 fully saturated rings. The van der Waals surface area contributed by atoms with Crippen molar-refractivity contribution in [3.63, 3.8) is 0 Å². The molecule has 0 aliphatic carbocycles. The zero-order valence-corrected chi connectivity index (χ0v) is 28.4. The molecule has 1 rings (SSSR count). The Kier molecular flexibility index (Phi) is 17.9. The van der Waals surface area contributed by atoms with Crippen LogP contribution in [0.1, 0.15) is 52.0 Å². The van der Waals surface area contributed by atoms with E-state index in [1.165, 1.54) is 37.3 Å². The van der Waals surface area contributed by atoms with Crippen molar-refractivity contribution in [1.82, 2.24) is 26.2 Å². The van der Waals surface area contributed by atoms with E-state index in [-0.39, 0.29) is 43.4 Å². The second-order valence-corrected chi connectivity index (χ2v) is 12.5. The van der Waals surface area contributed by atoms with Crippen molar-refractivity contribution in [2.45, 2.75) is 71.0 Å². The number of primary amides is 1. The van der Waals surface area contributed by atoms with Crippen LogP contribution in [0, 0.1) is 5.92 Å². The highest BCUT2D eigenvalue weighted by Crippen LogP contribution is 2.37. The fourth-order valence-electron chi connectivity index (χ4n) is 4.48. The standard InChI is InChI=1S/C31H47N6O10P/c1-6-8-15-33-29(41)25(17-20(3)4)35-28(40)19-37(16-7-2)31(43)24(13-14-27(32)39)36-30(42)26(34-21(5)38)18-22-9-11-23(12-10-22)47-48(44,45)46/h6-7,9-12,20,24-26H,1-2,8,13-19H2,3-5H3,(H2,32,39)(H,33,41)(H,34,38)(H,35,40)(H,36,42)(H2,44,45,46)/t24-,25-,26-/m0/s1. The Morgan fingerprint density at radius 3 is 2.12 bits per heavy atom. The van der Waals surface area contributed by atoms with Crippen LogP contribution in [0.3, 0.4) is 0 Å². The maximum atomic E-state index is 13.7. The van der Waals surface area contributed by atoms with E-state index in [0.29, 0.717) is 24.9 Å². The van der Waals surface area contributed by atoms with Crippen molar-refractivity contribution in [3.8, 4) is 5.75 Å². The van der Waals surface area contributed by atoms with Gasteiger partial charge in [-0.15, -0.1) is 13.2 Å². The molecule has 1 aromatic carbocycles. The van der Waals surface area contributed by atoms with E-state index >= 15 is 0 Å². The van der Waals surface area contributed by atoms with Crippen molar-refractivity contribution in [1.29, 1.82) is 0 Å². The van der Waals surface area contributed by atoms with Gasteiger partial charge in [-0.25, -0.2) is 4.57 Å². The summed E-state index contributed by atoms with van der Waals surface area (Å²) in [6.07, 6.45) is 3.27. The molecule has 0 heterocycles. The number of nitrogens with two attached hydrogens (primary N) is 1. The number of amides is 6. The molecule has 0 spiro atoms. The summed E-state index contributed by atoms with van der Waals surface area (Å²) in [5, 5.41) is 10.4. The number of benzene rings is 1. The lowest BCUT2D eigenvalue weighted by Gasteiger charge is -2.29. The lowest BCUT2D eigenvalue weighted by Crippen LogP contribution is -2.56. The molecule has 8 N–H and O–H groups in total. The molecule has 0 aromatic heterocycles. The van der Waals surface area contributed by atoms with Gasteiger partial charge in [-0.1, -0.05) is 38.1 Å². The van der Waals surface area contributed by atoms with E-state index in [0.717, 1.165) is 4.90 Å². The van der Waals surface area contributed by atoms with Gasteiger partial charge in [0.25, 0.3) is 0 Å². The molecule has 0 aliphatic heterocycles. The summed E-state index contributed by atoms with van der Waals surface area (Å²) < 4.78 is 15.6. The fourth-order valence-corrected chi connectivity index (χ4v) is 4.87. The summed E-state index contributed by atoms with van der Waals surface area (Å²) >= 11 is 0. The van der Waals surface area contributed by atoms with E-state index in [9.17, 15) is 33.3 Å². The van der Waals surface area contributed by atoms with Crippen LogP contribution >= 0.6 is 7.82 Å². The molecule has 48 heavy (non-hydrogen) atoms. The van der Waals surface area contributed by atoms with Crippen LogP contribution < -0.4 is 31.5 Å². The molecule has 266 valence electrons. The number of rotatable bonds is 22. The van der Waals surface area contributed by atoms with Crippen LogP contribution in [0.25, 0.3) is 0 Å². The van der Waals surface area contributed by atoms with Crippen LogP contribution in [0.15, 0.2) is 49.6 Å². The highest BCUT2D eigenvalue weighted by atomic mass is 31.2. The summed E-state index contributed by atoms with van der Waals surface area (Å²) in [6, 6.07) is 1.97. The van der Waals surface area contributed by atoms with Gasteiger partial charge in [0.15, 0.2) is 0 Å². The zero-order chi connectivity index (χ0) is 36.4. The van der Waals surface area contributed by atoms with Crippen LogP contribution in [0.2, 0.25) is 0 Å². The predicted octanol–water partition coefficient (Wildman–Crippen LogP) is 0.193. The molecular formula is C31H47N6O10P. The number of carbonyl (C=O) groups is 6. The minimum atomic E-state index is -4.79. The molecule has 0 unspecified atom stereocenters. The van der Waals surface area contributed by atoms with E-state index < -0.39 is 62.0 Å². The number of carbonyl (C=O) groups excluding carboxylic acids is 6. The summed E-state index contributed by atoms with van der Waals surface area (Å²) in [6.45, 7) is 11.9. The van der Waals surface area contributed by atoms with Gasteiger partial charge in [-0.05, 0) is 42.9 Å². The number of hydrogen-bond acceptors (Lipinski definition) is 8.